The Kier molecular flexibility index (Phi) is 5.49. The van der Waals surface area contributed by atoms with Gasteiger partial charge in [0, 0.05) is 19.7 Å². The average Bonchev–Trinajstić information content (AvgIpc) is 2.98. The van der Waals surface area contributed by atoms with Crippen LogP contribution in [-0.4, -0.2) is 63.7 Å². The number of carbonyl (C=O) groups is 1. The van der Waals surface area contributed by atoms with Crippen LogP contribution in [-0.2, 0) is 0 Å². The summed E-state index contributed by atoms with van der Waals surface area (Å²) >= 11 is 0. The summed E-state index contributed by atoms with van der Waals surface area (Å²) in [6.45, 7) is 5.12. The third kappa shape index (κ3) is 3.55. The molecule has 0 atom stereocenters. The maximum Gasteiger partial charge on any atom is 0.276 e. The molecular weight excluding hydrogens is 258 g/mol. The van der Waals surface area contributed by atoms with E-state index in [0.717, 1.165) is 25.9 Å². The predicted octanol–water partition coefficient (Wildman–Crippen LogP) is 0.0471. The van der Waals surface area contributed by atoms with Gasteiger partial charge < -0.3 is 15.3 Å². The van der Waals surface area contributed by atoms with Crippen LogP contribution < -0.4 is 5.32 Å². The van der Waals surface area contributed by atoms with Crippen LogP contribution in [0.15, 0.2) is 6.20 Å². The molecule has 1 aromatic heterocycles. The van der Waals surface area contributed by atoms with Crippen LogP contribution in [0.4, 0.5) is 0 Å². The molecule has 20 heavy (non-hydrogen) atoms. The molecule has 0 spiro atoms. The van der Waals surface area contributed by atoms with Crippen LogP contribution in [0.5, 0.6) is 0 Å². The normalized spacial score (nSPS) is 16.3. The summed E-state index contributed by atoms with van der Waals surface area (Å²) in [5.41, 5.74) is 0.392. The lowest BCUT2D eigenvalue weighted by Gasteiger charge is -2.22. The molecule has 1 aliphatic heterocycles. The lowest BCUT2D eigenvalue weighted by atomic mass is 10.1. The number of aliphatic hydroxyl groups is 1. The Labute approximate surface area is 119 Å². The number of nitrogens with zero attached hydrogens (tertiary/aromatic N) is 4. The van der Waals surface area contributed by atoms with Crippen molar-refractivity contribution in [1.29, 1.82) is 0 Å². The Hall–Kier alpha value is -1.47. The van der Waals surface area contributed by atoms with Gasteiger partial charge >= 0.3 is 0 Å². The van der Waals surface area contributed by atoms with Crippen molar-refractivity contribution < 1.29 is 9.90 Å². The van der Waals surface area contributed by atoms with E-state index in [2.05, 4.69) is 15.6 Å². The molecule has 2 heterocycles. The molecule has 7 heteroatoms. The number of aromatic nitrogens is 3. The third-order valence-corrected chi connectivity index (χ3v) is 3.67. The Morgan fingerprint density at radius 1 is 1.55 bits per heavy atom. The van der Waals surface area contributed by atoms with Gasteiger partial charge in [0.05, 0.1) is 12.2 Å². The maximum atomic E-state index is 12.3. The van der Waals surface area contributed by atoms with Crippen molar-refractivity contribution in [2.75, 3.05) is 32.8 Å². The van der Waals surface area contributed by atoms with E-state index in [4.69, 9.17) is 5.11 Å². The molecule has 2 N–H and O–H groups in total. The van der Waals surface area contributed by atoms with E-state index < -0.39 is 0 Å². The first-order chi connectivity index (χ1) is 9.76. The van der Waals surface area contributed by atoms with E-state index in [1.165, 1.54) is 0 Å². The minimum Gasteiger partial charge on any atom is -0.396 e. The van der Waals surface area contributed by atoms with E-state index in [1.807, 2.05) is 11.6 Å². The second-order valence-electron chi connectivity index (χ2n) is 5.03. The highest BCUT2D eigenvalue weighted by Crippen LogP contribution is 2.17. The highest BCUT2D eigenvalue weighted by molar-refractivity contribution is 5.91. The van der Waals surface area contributed by atoms with Crippen LogP contribution in [0.3, 0.4) is 0 Å². The van der Waals surface area contributed by atoms with Gasteiger partial charge in [-0.1, -0.05) is 5.21 Å². The van der Waals surface area contributed by atoms with Crippen LogP contribution >= 0.6 is 0 Å². The number of aliphatic hydroxyl groups excluding tert-OH is 1. The summed E-state index contributed by atoms with van der Waals surface area (Å²) in [6, 6.07) is 0.331. The topological polar surface area (TPSA) is 83.3 Å². The zero-order valence-electron chi connectivity index (χ0n) is 12.0. The van der Waals surface area contributed by atoms with E-state index in [0.29, 0.717) is 31.2 Å². The summed E-state index contributed by atoms with van der Waals surface area (Å²) < 4.78 is 1.81. The first-order valence-electron chi connectivity index (χ1n) is 7.29. The van der Waals surface area contributed by atoms with Crippen molar-refractivity contribution in [2.24, 2.45) is 0 Å². The van der Waals surface area contributed by atoms with Gasteiger partial charge in [0.1, 0.15) is 0 Å². The van der Waals surface area contributed by atoms with E-state index in [1.54, 1.807) is 11.1 Å². The molecule has 1 fully saturated rings. The monoisotopic (exact) mass is 281 g/mol. The van der Waals surface area contributed by atoms with Gasteiger partial charge in [-0.05, 0) is 39.3 Å². The molecule has 0 saturated carbocycles. The lowest BCUT2D eigenvalue weighted by molar-refractivity contribution is 0.0748. The summed E-state index contributed by atoms with van der Waals surface area (Å²) in [5, 5.41) is 20.3. The predicted molar refractivity (Wildman–Crippen MR) is 74.4 cm³/mol. The highest BCUT2D eigenvalue weighted by atomic mass is 16.3. The molecule has 1 saturated heterocycles. The van der Waals surface area contributed by atoms with Gasteiger partial charge in [-0.15, -0.1) is 5.10 Å². The standard InChI is InChI=1S/C13H23N5O2/c1-2-17(8-3-9-19)13(20)12-10-18(16-15-12)11-4-6-14-7-5-11/h10-11,14,19H,2-9H2,1H3. The van der Waals surface area contributed by atoms with E-state index >= 15 is 0 Å². The van der Waals surface area contributed by atoms with Crippen LogP contribution in [0, 0.1) is 0 Å². The van der Waals surface area contributed by atoms with Gasteiger partial charge in [0.2, 0.25) is 0 Å². The fraction of sp³-hybridized carbons (Fsp3) is 0.769. The molecule has 0 bridgehead atoms. The minimum atomic E-state index is -0.110. The van der Waals surface area contributed by atoms with Crippen molar-refractivity contribution >= 4 is 5.91 Å². The number of piperidine rings is 1. The first kappa shape index (κ1) is 14.9. The Morgan fingerprint density at radius 3 is 2.95 bits per heavy atom. The molecule has 112 valence electrons. The van der Waals surface area contributed by atoms with Crippen molar-refractivity contribution in [1.82, 2.24) is 25.2 Å². The zero-order valence-corrected chi connectivity index (χ0v) is 12.0. The second kappa shape index (κ2) is 7.35. The third-order valence-electron chi connectivity index (χ3n) is 3.67. The van der Waals surface area contributed by atoms with Gasteiger partial charge in [-0.2, -0.15) is 0 Å². The molecule has 1 amide bonds. The largest absolute Gasteiger partial charge is 0.396 e. The fourth-order valence-electron chi connectivity index (χ4n) is 2.45. The van der Waals surface area contributed by atoms with Crippen molar-refractivity contribution in [3.05, 3.63) is 11.9 Å². The Morgan fingerprint density at radius 2 is 2.30 bits per heavy atom. The summed E-state index contributed by atoms with van der Waals surface area (Å²) in [7, 11) is 0. The number of nitrogens with one attached hydrogen (secondary N) is 1. The number of rotatable bonds is 6. The van der Waals surface area contributed by atoms with Crippen LogP contribution in [0.2, 0.25) is 0 Å². The van der Waals surface area contributed by atoms with E-state index in [-0.39, 0.29) is 12.5 Å². The van der Waals surface area contributed by atoms with Gasteiger partial charge in [0.25, 0.3) is 5.91 Å². The molecule has 1 aromatic rings. The lowest BCUT2D eigenvalue weighted by Crippen LogP contribution is -2.32. The number of carbonyl (C=O) groups excluding carboxylic acids is 1. The van der Waals surface area contributed by atoms with E-state index in [9.17, 15) is 4.79 Å². The molecule has 1 aliphatic rings. The summed E-state index contributed by atoms with van der Waals surface area (Å²) in [5.74, 6) is -0.110. The molecular formula is C13H23N5O2. The smallest absolute Gasteiger partial charge is 0.276 e. The summed E-state index contributed by atoms with van der Waals surface area (Å²) in [4.78, 5) is 14.0. The summed E-state index contributed by atoms with van der Waals surface area (Å²) in [6.07, 6.45) is 4.36. The minimum absolute atomic E-state index is 0.0888. The zero-order chi connectivity index (χ0) is 14.4. The Bertz CT molecular complexity index is 428. The molecule has 7 nitrogen and oxygen atoms in total. The second-order valence-corrected chi connectivity index (χ2v) is 5.03. The van der Waals surface area contributed by atoms with Gasteiger partial charge in [-0.3, -0.25) is 4.79 Å². The van der Waals surface area contributed by atoms with Crippen molar-refractivity contribution in [2.45, 2.75) is 32.2 Å². The van der Waals surface area contributed by atoms with Crippen LogP contribution in [0.1, 0.15) is 42.7 Å². The number of hydrogen-bond donors (Lipinski definition) is 2. The van der Waals surface area contributed by atoms with Crippen molar-refractivity contribution in [3.8, 4) is 0 Å². The molecule has 0 unspecified atom stereocenters. The molecule has 0 aliphatic carbocycles. The Balaban J connectivity index is 2.01. The molecule has 0 aromatic carbocycles. The van der Waals surface area contributed by atoms with Crippen molar-refractivity contribution in [3.63, 3.8) is 0 Å². The molecule has 2 rings (SSSR count). The number of hydrogen-bond acceptors (Lipinski definition) is 5. The quantitative estimate of drug-likeness (QED) is 0.769. The number of amides is 1. The molecule has 0 radical (unpaired) electrons. The van der Waals surface area contributed by atoms with Gasteiger partial charge in [-0.25, -0.2) is 4.68 Å². The first-order valence-corrected chi connectivity index (χ1v) is 7.29. The fourth-order valence-corrected chi connectivity index (χ4v) is 2.45. The SMILES string of the molecule is CCN(CCCO)C(=O)c1cn(C2CCNCC2)nn1. The van der Waals surface area contributed by atoms with Gasteiger partial charge in [0.15, 0.2) is 5.69 Å². The highest BCUT2D eigenvalue weighted by Gasteiger charge is 2.21. The van der Waals surface area contributed by atoms with Crippen LogP contribution in [0.25, 0.3) is 0 Å². The average molecular weight is 281 g/mol. The maximum absolute atomic E-state index is 12.3.